The Morgan fingerprint density at radius 3 is 2.96 bits per heavy atom. The molecular weight excluding hydrogens is 322 g/mol. The maximum absolute atomic E-state index is 12.1. The number of hydrogen-bond donors (Lipinski definition) is 1. The Kier molecular flexibility index (Phi) is 6.08. The molecule has 1 saturated heterocycles. The van der Waals surface area contributed by atoms with Crippen molar-refractivity contribution in [2.75, 3.05) is 32.8 Å². The van der Waals surface area contributed by atoms with Crippen LogP contribution in [0.5, 0.6) is 0 Å². The number of aryl methyl sites for hydroxylation is 1. The molecule has 2 aromatic heterocycles. The lowest BCUT2D eigenvalue weighted by Crippen LogP contribution is -2.46. The predicted octanol–water partition coefficient (Wildman–Crippen LogP) is 0.901. The average Bonchev–Trinajstić information content (AvgIpc) is 3.10. The average molecular weight is 345 g/mol. The van der Waals surface area contributed by atoms with Gasteiger partial charge in [-0.05, 0) is 19.1 Å². The summed E-state index contributed by atoms with van der Waals surface area (Å²) in [5.74, 6) is 0.867. The maximum Gasteiger partial charge on any atom is 0.227 e. The van der Waals surface area contributed by atoms with E-state index in [4.69, 9.17) is 9.26 Å². The van der Waals surface area contributed by atoms with Crippen molar-refractivity contribution in [3.05, 3.63) is 30.3 Å². The second-order valence-electron chi connectivity index (χ2n) is 6.11. The third kappa shape index (κ3) is 5.33. The lowest BCUT2D eigenvalue weighted by atomic mass is 10.2. The lowest BCUT2D eigenvalue weighted by molar-refractivity contribution is -0.121. The van der Waals surface area contributed by atoms with Crippen LogP contribution in [0.3, 0.4) is 0 Å². The largest absolute Gasteiger partial charge is 0.379 e. The molecule has 134 valence electrons. The van der Waals surface area contributed by atoms with Gasteiger partial charge in [-0.25, -0.2) is 0 Å². The first-order valence-electron chi connectivity index (χ1n) is 8.54. The van der Waals surface area contributed by atoms with Crippen LogP contribution in [0.2, 0.25) is 0 Å². The fraction of sp³-hybridized carbons (Fsp3) is 0.529. The normalized spacial score (nSPS) is 16.5. The first-order valence-corrected chi connectivity index (χ1v) is 8.54. The molecule has 25 heavy (non-hydrogen) atoms. The second-order valence-corrected chi connectivity index (χ2v) is 6.11. The molecule has 1 amide bonds. The van der Waals surface area contributed by atoms with Crippen LogP contribution in [0.4, 0.5) is 0 Å². The molecule has 0 aliphatic carbocycles. The molecule has 8 nitrogen and oxygen atoms in total. The van der Waals surface area contributed by atoms with E-state index in [-0.39, 0.29) is 11.9 Å². The highest BCUT2D eigenvalue weighted by molar-refractivity contribution is 5.76. The molecule has 0 unspecified atom stereocenters. The molecule has 1 atom stereocenters. The number of nitrogens with zero attached hydrogens (tertiary/aromatic N) is 4. The Morgan fingerprint density at radius 2 is 2.20 bits per heavy atom. The molecule has 0 spiro atoms. The number of aromatic nitrogens is 3. The lowest BCUT2D eigenvalue weighted by Gasteiger charge is -2.29. The van der Waals surface area contributed by atoms with Gasteiger partial charge in [0.15, 0.2) is 0 Å². The molecule has 3 heterocycles. The van der Waals surface area contributed by atoms with Crippen molar-refractivity contribution in [1.29, 1.82) is 0 Å². The van der Waals surface area contributed by atoms with E-state index < -0.39 is 0 Å². The molecule has 1 aliphatic heterocycles. The van der Waals surface area contributed by atoms with Crippen LogP contribution < -0.4 is 5.32 Å². The molecule has 1 fully saturated rings. The topological polar surface area (TPSA) is 93.4 Å². The highest BCUT2D eigenvalue weighted by atomic mass is 16.5. The van der Waals surface area contributed by atoms with Crippen molar-refractivity contribution < 1.29 is 14.1 Å². The summed E-state index contributed by atoms with van der Waals surface area (Å²) in [7, 11) is 0. The number of nitrogens with one attached hydrogen (secondary N) is 1. The van der Waals surface area contributed by atoms with Crippen LogP contribution in [-0.4, -0.2) is 64.8 Å². The zero-order valence-electron chi connectivity index (χ0n) is 14.4. The summed E-state index contributed by atoms with van der Waals surface area (Å²) >= 11 is 0. The van der Waals surface area contributed by atoms with Gasteiger partial charge in [0.1, 0.15) is 5.69 Å². The number of carbonyl (C=O) groups excluding carboxylic acids is 1. The zero-order chi connectivity index (χ0) is 17.5. The van der Waals surface area contributed by atoms with Gasteiger partial charge in [-0.1, -0.05) is 11.2 Å². The fourth-order valence-corrected chi connectivity index (χ4v) is 2.74. The Balaban J connectivity index is 1.42. The molecule has 0 radical (unpaired) electrons. The number of ether oxygens (including phenoxy) is 1. The van der Waals surface area contributed by atoms with E-state index in [1.807, 2.05) is 25.1 Å². The molecule has 1 aliphatic rings. The van der Waals surface area contributed by atoms with Crippen molar-refractivity contribution in [1.82, 2.24) is 25.3 Å². The van der Waals surface area contributed by atoms with Gasteiger partial charge in [0.25, 0.3) is 0 Å². The number of amides is 1. The highest BCUT2D eigenvalue weighted by Gasteiger charge is 2.16. The summed E-state index contributed by atoms with van der Waals surface area (Å²) in [6.45, 7) is 6.20. The van der Waals surface area contributed by atoms with Crippen molar-refractivity contribution in [2.45, 2.75) is 25.8 Å². The van der Waals surface area contributed by atoms with Crippen LogP contribution >= 0.6 is 0 Å². The van der Waals surface area contributed by atoms with Gasteiger partial charge in [-0.2, -0.15) is 4.98 Å². The molecule has 0 saturated carbocycles. The monoisotopic (exact) mass is 345 g/mol. The Hall–Kier alpha value is -2.32. The van der Waals surface area contributed by atoms with Gasteiger partial charge in [-0.3, -0.25) is 14.7 Å². The highest BCUT2D eigenvalue weighted by Crippen LogP contribution is 2.12. The van der Waals surface area contributed by atoms with Crippen molar-refractivity contribution >= 4 is 5.91 Å². The molecule has 1 N–H and O–H groups in total. The Labute approximate surface area is 146 Å². The van der Waals surface area contributed by atoms with Crippen molar-refractivity contribution in [3.63, 3.8) is 0 Å². The van der Waals surface area contributed by atoms with Gasteiger partial charge in [-0.15, -0.1) is 0 Å². The van der Waals surface area contributed by atoms with Gasteiger partial charge in [0.2, 0.25) is 17.6 Å². The summed E-state index contributed by atoms with van der Waals surface area (Å²) in [6, 6.07) is 5.60. The SMILES string of the molecule is C[C@H](CN1CCOCC1)NC(=O)CCc1nc(-c2ccccn2)no1. The molecule has 8 heteroatoms. The van der Waals surface area contributed by atoms with E-state index in [1.165, 1.54) is 0 Å². The number of hydrogen-bond acceptors (Lipinski definition) is 7. The van der Waals surface area contributed by atoms with Crippen LogP contribution in [0.25, 0.3) is 11.5 Å². The van der Waals surface area contributed by atoms with Crippen LogP contribution in [0, 0.1) is 0 Å². The van der Waals surface area contributed by atoms with Gasteiger partial charge in [0.05, 0.1) is 13.2 Å². The number of pyridine rings is 1. The van der Waals surface area contributed by atoms with E-state index in [0.717, 1.165) is 32.8 Å². The minimum Gasteiger partial charge on any atom is -0.379 e. The Morgan fingerprint density at radius 1 is 1.36 bits per heavy atom. The minimum atomic E-state index is -0.0154. The summed E-state index contributed by atoms with van der Waals surface area (Å²) in [5.41, 5.74) is 0.654. The van der Waals surface area contributed by atoms with Gasteiger partial charge < -0.3 is 14.6 Å². The van der Waals surface area contributed by atoms with Crippen LogP contribution in [0.1, 0.15) is 19.2 Å². The van der Waals surface area contributed by atoms with Crippen molar-refractivity contribution in [3.8, 4) is 11.5 Å². The standard InChI is InChI=1S/C17H23N5O3/c1-13(12-22-8-10-24-11-9-22)19-15(23)5-6-16-20-17(21-25-16)14-4-2-3-7-18-14/h2-4,7,13H,5-6,8-12H2,1H3,(H,19,23)/t13-/m1/s1. The van der Waals surface area contributed by atoms with E-state index in [1.54, 1.807) is 6.20 Å². The van der Waals surface area contributed by atoms with E-state index in [0.29, 0.717) is 30.3 Å². The predicted molar refractivity (Wildman–Crippen MR) is 90.7 cm³/mol. The minimum absolute atomic E-state index is 0.0154. The van der Waals surface area contributed by atoms with E-state index in [9.17, 15) is 4.79 Å². The van der Waals surface area contributed by atoms with E-state index >= 15 is 0 Å². The molecular formula is C17H23N5O3. The molecule has 0 aromatic carbocycles. The second kappa shape index (κ2) is 8.68. The summed E-state index contributed by atoms with van der Waals surface area (Å²) in [4.78, 5) is 22.8. The van der Waals surface area contributed by atoms with Gasteiger partial charge in [0, 0.05) is 44.7 Å². The quantitative estimate of drug-likeness (QED) is 0.797. The number of carbonyl (C=O) groups is 1. The molecule has 2 aromatic rings. The first kappa shape index (κ1) is 17.5. The fourth-order valence-electron chi connectivity index (χ4n) is 2.74. The maximum atomic E-state index is 12.1. The van der Waals surface area contributed by atoms with Gasteiger partial charge >= 0.3 is 0 Å². The molecule has 0 bridgehead atoms. The third-order valence-corrected chi connectivity index (χ3v) is 3.97. The number of rotatable bonds is 7. The Bertz CT molecular complexity index is 670. The first-order chi connectivity index (χ1) is 12.2. The smallest absolute Gasteiger partial charge is 0.227 e. The summed E-state index contributed by atoms with van der Waals surface area (Å²) in [6.07, 6.45) is 2.40. The van der Waals surface area contributed by atoms with E-state index in [2.05, 4.69) is 25.3 Å². The zero-order valence-corrected chi connectivity index (χ0v) is 14.4. The number of morpholine rings is 1. The van der Waals surface area contributed by atoms with Crippen molar-refractivity contribution in [2.24, 2.45) is 0 Å². The summed E-state index contributed by atoms with van der Waals surface area (Å²) < 4.78 is 10.5. The van der Waals surface area contributed by atoms with Crippen LogP contribution in [-0.2, 0) is 16.0 Å². The molecule has 3 rings (SSSR count). The summed E-state index contributed by atoms with van der Waals surface area (Å²) in [5, 5.41) is 6.92. The third-order valence-electron chi connectivity index (χ3n) is 3.97. The van der Waals surface area contributed by atoms with Crippen LogP contribution in [0.15, 0.2) is 28.9 Å².